The monoisotopic (exact) mass is 200 g/mol. The Morgan fingerprint density at radius 3 is 2.60 bits per heavy atom. The number of amides is 1. The first-order chi connectivity index (χ1) is 7.15. The first kappa shape index (κ1) is 11.0. The summed E-state index contributed by atoms with van der Waals surface area (Å²) in [6.07, 6.45) is 0. The van der Waals surface area contributed by atoms with Gasteiger partial charge in [-0.1, -0.05) is 36.9 Å². The Kier molecular flexibility index (Phi) is 3.64. The maximum Gasteiger partial charge on any atom is 0.261 e. The number of carbonyl (C=O) groups is 1. The number of hydrogen-bond acceptors (Lipinski definition) is 2. The molecule has 0 bridgehead atoms. The lowest BCUT2D eigenvalue weighted by Crippen LogP contribution is -2.27. The molecule has 0 aliphatic carbocycles. The molecule has 1 rings (SSSR count). The normalized spacial score (nSPS) is 11.2. The fraction of sp³-hybridized carbons (Fsp3) is 0.167. The highest BCUT2D eigenvalue weighted by atomic mass is 16.1. The first-order valence-electron chi connectivity index (χ1n) is 4.60. The van der Waals surface area contributed by atoms with Gasteiger partial charge in [0.1, 0.15) is 11.6 Å². The van der Waals surface area contributed by atoms with Crippen molar-refractivity contribution in [3.8, 4) is 6.07 Å². The number of hydrogen-bond donors (Lipinski definition) is 1. The van der Waals surface area contributed by atoms with Crippen molar-refractivity contribution in [1.82, 2.24) is 5.32 Å². The molecular weight excluding hydrogens is 188 g/mol. The third-order valence-electron chi connectivity index (χ3n) is 2.06. The zero-order valence-electron chi connectivity index (χ0n) is 8.53. The van der Waals surface area contributed by atoms with E-state index in [1.165, 1.54) is 0 Å². The van der Waals surface area contributed by atoms with Crippen molar-refractivity contribution in [1.29, 1.82) is 5.26 Å². The van der Waals surface area contributed by atoms with Gasteiger partial charge in [-0.05, 0) is 12.5 Å². The lowest BCUT2D eigenvalue weighted by Gasteiger charge is -2.13. The fourth-order valence-corrected chi connectivity index (χ4v) is 1.16. The number of carbonyl (C=O) groups excluding carboxylic acids is 1. The molecule has 0 radical (unpaired) electrons. The van der Waals surface area contributed by atoms with Crippen LogP contribution in [0, 0.1) is 11.3 Å². The Morgan fingerprint density at radius 1 is 1.47 bits per heavy atom. The van der Waals surface area contributed by atoms with Crippen LogP contribution < -0.4 is 5.32 Å². The van der Waals surface area contributed by atoms with E-state index >= 15 is 0 Å². The van der Waals surface area contributed by atoms with E-state index in [2.05, 4.69) is 11.9 Å². The minimum absolute atomic E-state index is 0.0715. The topological polar surface area (TPSA) is 52.9 Å². The van der Waals surface area contributed by atoms with E-state index in [9.17, 15) is 4.79 Å². The molecule has 0 aromatic heterocycles. The number of nitrogens with zero attached hydrogens (tertiary/aromatic N) is 1. The smallest absolute Gasteiger partial charge is 0.261 e. The molecule has 3 heteroatoms. The summed E-state index contributed by atoms with van der Waals surface area (Å²) in [5.74, 6) is -0.422. The molecule has 15 heavy (non-hydrogen) atoms. The lowest BCUT2D eigenvalue weighted by atomic mass is 10.1. The van der Waals surface area contributed by atoms with Crippen LogP contribution in [0.2, 0.25) is 0 Å². The van der Waals surface area contributed by atoms with Crippen molar-refractivity contribution in [3.63, 3.8) is 0 Å². The van der Waals surface area contributed by atoms with E-state index in [4.69, 9.17) is 5.26 Å². The van der Waals surface area contributed by atoms with Crippen molar-refractivity contribution in [3.05, 3.63) is 48.0 Å². The van der Waals surface area contributed by atoms with E-state index in [1.807, 2.05) is 37.3 Å². The van der Waals surface area contributed by atoms with Crippen LogP contribution in [0.15, 0.2) is 42.5 Å². The van der Waals surface area contributed by atoms with Gasteiger partial charge in [0, 0.05) is 0 Å². The molecule has 0 aliphatic heterocycles. The van der Waals surface area contributed by atoms with Crippen molar-refractivity contribution in [2.24, 2.45) is 0 Å². The third-order valence-corrected chi connectivity index (χ3v) is 2.06. The number of benzene rings is 1. The Hall–Kier alpha value is -2.08. The largest absolute Gasteiger partial charge is 0.345 e. The highest BCUT2D eigenvalue weighted by Gasteiger charge is 2.10. The van der Waals surface area contributed by atoms with Crippen LogP contribution in [-0.4, -0.2) is 5.91 Å². The number of nitrogens with one attached hydrogen (secondary N) is 1. The molecule has 1 aromatic carbocycles. The predicted octanol–water partition coefficient (Wildman–Crippen LogP) is 1.94. The zero-order valence-corrected chi connectivity index (χ0v) is 8.53. The summed E-state index contributed by atoms with van der Waals surface area (Å²) in [6.45, 7) is 5.21. The summed E-state index contributed by atoms with van der Waals surface area (Å²) < 4.78 is 0. The van der Waals surface area contributed by atoms with Gasteiger partial charge in [-0.2, -0.15) is 5.26 Å². The number of nitriles is 1. The van der Waals surface area contributed by atoms with Gasteiger partial charge in [-0.15, -0.1) is 0 Å². The van der Waals surface area contributed by atoms with Crippen molar-refractivity contribution >= 4 is 5.91 Å². The molecule has 0 saturated carbocycles. The fourth-order valence-electron chi connectivity index (χ4n) is 1.16. The van der Waals surface area contributed by atoms with Gasteiger partial charge in [0.25, 0.3) is 5.91 Å². The average molecular weight is 200 g/mol. The van der Waals surface area contributed by atoms with Crippen LogP contribution in [0.4, 0.5) is 0 Å². The molecule has 0 saturated heterocycles. The van der Waals surface area contributed by atoms with E-state index in [0.29, 0.717) is 0 Å². The van der Waals surface area contributed by atoms with Crippen molar-refractivity contribution in [2.75, 3.05) is 0 Å². The zero-order chi connectivity index (χ0) is 11.3. The summed E-state index contributed by atoms with van der Waals surface area (Å²) in [5.41, 5.74) is 0.925. The third kappa shape index (κ3) is 2.96. The van der Waals surface area contributed by atoms with Gasteiger partial charge in [0.2, 0.25) is 0 Å². The Labute approximate surface area is 89.0 Å². The molecule has 0 fully saturated rings. The van der Waals surface area contributed by atoms with Crippen LogP contribution >= 0.6 is 0 Å². The van der Waals surface area contributed by atoms with Crippen LogP contribution in [0.5, 0.6) is 0 Å². The molecule has 0 unspecified atom stereocenters. The highest BCUT2D eigenvalue weighted by Crippen LogP contribution is 2.11. The minimum atomic E-state index is -0.422. The second-order valence-electron chi connectivity index (χ2n) is 3.20. The Morgan fingerprint density at radius 2 is 2.07 bits per heavy atom. The second-order valence-corrected chi connectivity index (χ2v) is 3.20. The molecule has 1 aromatic rings. The van der Waals surface area contributed by atoms with Gasteiger partial charge >= 0.3 is 0 Å². The van der Waals surface area contributed by atoms with Gasteiger partial charge in [-0.25, -0.2) is 0 Å². The summed E-state index contributed by atoms with van der Waals surface area (Å²) in [6, 6.07) is 11.1. The van der Waals surface area contributed by atoms with E-state index in [1.54, 1.807) is 6.07 Å². The molecule has 0 spiro atoms. The van der Waals surface area contributed by atoms with Gasteiger partial charge in [0.15, 0.2) is 0 Å². The van der Waals surface area contributed by atoms with Gasteiger partial charge < -0.3 is 5.32 Å². The SMILES string of the molecule is C=C(C#N)C(=O)N[C@@H](C)c1ccccc1. The minimum Gasteiger partial charge on any atom is -0.345 e. The number of rotatable bonds is 3. The van der Waals surface area contributed by atoms with E-state index in [-0.39, 0.29) is 11.6 Å². The standard InChI is InChI=1S/C12H12N2O/c1-9(8-13)12(15)14-10(2)11-6-4-3-5-7-11/h3-7,10H,1H2,2H3,(H,14,15)/t10-/m0/s1. The van der Waals surface area contributed by atoms with E-state index in [0.717, 1.165) is 5.56 Å². The van der Waals surface area contributed by atoms with Crippen LogP contribution in [0.3, 0.4) is 0 Å². The highest BCUT2D eigenvalue weighted by molar-refractivity contribution is 5.96. The summed E-state index contributed by atoms with van der Waals surface area (Å²) in [5, 5.41) is 11.2. The first-order valence-corrected chi connectivity index (χ1v) is 4.60. The summed E-state index contributed by atoms with van der Waals surface area (Å²) in [7, 11) is 0. The molecule has 1 atom stereocenters. The quantitative estimate of drug-likeness (QED) is 0.598. The van der Waals surface area contributed by atoms with Crippen LogP contribution in [0.25, 0.3) is 0 Å². The molecule has 0 heterocycles. The molecule has 3 nitrogen and oxygen atoms in total. The Bertz CT molecular complexity index is 403. The summed E-state index contributed by atoms with van der Waals surface area (Å²) in [4.78, 5) is 11.3. The maximum absolute atomic E-state index is 11.3. The molecule has 76 valence electrons. The predicted molar refractivity (Wildman–Crippen MR) is 57.8 cm³/mol. The lowest BCUT2D eigenvalue weighted by molar-refractivity contribution is -0.117. The van der Waals surface area contributed by atoms with Crippen LogP contribution in [-0.2, 0) is 4.79 Å². The molecular formula is C12H12N2O. The molecule has 1 amide bonds. The van der Waals surface area contributed by atoms with Crippen molar-refractivity contribution in [2.45, 2.75) is 13.0 Å². The van der Waals surface area contributed by atoms with Crippen molar-refractivity contribution < 1.29 is 4.79 Å². The molecule has 0 aliphatic rings. The Balaban J connectivity index is 2.65. The van der Waals surface area contributed by atoms with Gasteiger partial charge in [0.05, 0.1) is 6.04 Å². The maximum atomic E-state index is 11.3. The summed E-state index contributed by atoms with van der Waals surface area (Å²) >= 11 is 0. The van der Waals surface area contributed by atoms with Gasteiger partial charge in [-0.3, -0.25) is 4.79 Å². The second kappa shape index (κ2) is 4.97. The van der Waals surface area contributed by atoms with E-state index < -0.39 is 5.91 Å². The molecule has 1 N–H and O–H groups in total. The average Bonchev–Trinajstić information content (AvgIpc) is 2.29. The van der Waals surface area contributed by atoms with Crippen LogP contribution in [0.1, 0.15) is 18.5 Å².